The highest BCUT2D eigenvalue weighted by atomic mass is 16.5. The minimum absolute atomic E-state index is 0.0800. The number of rotatable bonds is 7. The Kier molecular flexibility index (Phi) is 8.96. The number of hydrogen-bond donors (Lipinski definition) is 0. The first-order valence-electron chi connectivity index (χ1n) is 23.7. The molecule has 2 aliphatic heterocycles. The summed E-state index contributed by atoms with van der Waals surface area (Å²) in [5.41, 5.74) is 18.4. The van der Waals surface area contributed by atoms with Crippen molar-refractivity contribution in [2.45, 2.75) is 0 Å². The molecule has 1 aromatic heterocycles. The first-order chi connectivity index (χ1) is 34.2. The van der Waals surface area contributed by atoms with Gasteiger partial charge >= 0.3 is 0 Å². The number of benzene rings is 11. The van der Waals surface area contributed by atoms with Crippen LogP contribution in [0.1, 0.15) is 0 Å². The fourth-order valence-corrected chi connectivity index (χ4v) is 11.1. The van der Waals surface area contributed by atoms with E-state index in [9.17, 15) is 0 Å². The average molecular weight is 880 g/mol. The van der Waals surface area contributed by atoms with Gasteiger partial charge in [-0.15, -0.1) is 0 Å². The Morgan fingerprint density at radius 2 is 0.942 bits per heavy atom. The first-order valence-corrected chi connectivity index (χ1v) is 23.7. The zero-order valence-corrected chi connectivity index (χ0v) is 37.6. The fraction of sp³-hybridized carbons (Fsp3) is 0. The van der Waals surface area contributed by atoms with Crippen LogP contribution < -0.4 is 30.9 Å². The molecule has 0 bridgehead atoms. The largest absolute Gasteiger partial charge is 0.458 e. The van der Waals surface area contributed by atoms with E-state index in [0.717, 1.165) is 73.2 Å². The number of hydrogen-bond acceptors (Lipinski definition) is 3. The van der Waals surface area contributed by atoms with E-state index in [1.807, 2.05) is 0 Å². The van der Waals surface area contributed by atoms with Crippen LogP contribution in [0.2, 0.25) is 0 Å². The topological polar surface area (TPSA) is 20.6 Å². The van der Waals surface area contributed by atoms with Gasteiger partial charge < -0.3 is 19.1 Å². The molecule has 0 aliphatic carbocycles. The van der Waals surface area contributed by atoms with Gasteiger partial charge in [-0.05, 0) is 153 Å². The molecule has 0 amide bonds. The van der Waals surface area contributed by atoms with Gasteiger partial charge in [-0.3, -0.25) is 0 Å². The van der Waals surface area contributed by atoms with E-state index in [-0.39, 0.29) is 6.71 Å². The van der Waals surface area contributed by atoms with Gasteiger partial charge in [-0.25, -0.2) is 0 Å². The number of aromatic nitrogens is 1. The second-order valence-corrected chi connectivity index (χ2v) is 18.1. The Morgan fingerprint density at radius 3 is 1.65 bits per heavy atom. The van der Waals surface area contributed by atoms with Crippen LogP contribution in [-0.4, -0.2) is 11.3 Å². The third-order valence-corrected chi connectivity index (χ3v) is 14.1. The third-order valence-electron chi connectivity index (χ3n) is 14.1. The van der Waals surface area contributed by atoms with E-state index < -0.39 is 0 Å². The SMILES string of the molecule is c1ccc(-c2cccc(N3c4cc(-c5ccccc5)ccc4B4c5cc6c(cc5Oc5cccc3c54)c3cc4ccc(N(c5ccccc5)c5ccccc5)cc4cc3n6-c3ccccc3)c2)cc1. The van der Waals surface area contributed by atoms with E-state index in [0.29, 0.717) is 0 Å². The number of fused-ring (bicyclic) bond motifs is 8. The summed E-state index contributed by atoms with van der Waals surface area (Å²) >= 11 is 0. The second-order valence-electron chi connectivity index (χ2n) is 18.1. The molecular formula is C64H42BN3O. The lowest BCUT2D eigenvalue weighted by Gasteiger charge is -2.40. The Hall–Kier alpha value is -9.06. The lowest BCUT2D eigenvalue weighted by molar-refractivity contribution is 0.488. The van der Waals surface area contributed by atoms with Crippen molar-refractivity contribution < 1.29 is 4.74 Å². The quantitative estimate of drug-likeness (QED) is 0.149. The summed E-state index contributed by atoms with van der Waals surface area (Å²) in [5.74, 6) is 1.77. The summed E-state index contributed by atoms with van der Waals surface area (Å²) in [6, 6.07) is 92.3. The van der Waals surface area contributed by atoms with Crippen LogP contribution in [-0.2, 0) is 0 Å². The summed E-state index contributed by atoms with van der Waals surface area (Å²) < 4.78 is 9.61. The van der Waals surface area contributed by atoms with Gasteiger partial charge in [-0.1, -0.05) is 152 Å². The highest BCUT2D eigenvalue weighted by Crippen LogP contribution is 2.45. The van der Waals surface area contributed by atoms with Crippen molar-refractivity contribution in [1.82, 2.24) is 4.57 Å². The zero-order chi connectivity index (χ0) is 45.4. The average Bonchev–Trinajstić information content (AvgIpc) is 3.72. The van der Waals surface area contributed by atoms with Crippen molar-refractivity contribution in [3.05, 3.63) is 255 Å². The highest BCUT2D eigenvalue weighted by Gasteiger charge is 2.42. The molecule has 12 aromatic rings. The van der Waals surface area contributed by atoms with E-state index in [1.165, 1.54) is 49.3 Å². The van der Waals surface area contributed by atoms with Gasteiger partial charge in [0.25, 0.3) is 6.71 Å². The molecule has 3 heterocycles. The maximum Gasteiger partial charge on any atom is 0.256 e. The molecule has 14 rings (SSSR count). The van der Waals surface area contributed by atoms with Crippen LogP contribution in [0.15, 0.2) is 255 Å². The van der Waals surface area contributed by atoms with Crippen molar-refractivity contribution in [2.75, 3.05) is 9.80 Å². The van der Waals surface area contributed by atoms with Crippen LogP contribution in [0, 0.1) is 0 Å². The van der Waals surface area contributed by atoms with E-state index >= 15 is 0 Å². The van der Waals surface area contributed by atoms with Crippen molar-refractivity contribution in [3.8, 4) is 39.4 Å². The molecule has 0 N–H and O–H groups in total. The number of para-hydroxylation sites is 3. The maximum atomic E-state index is 7.15. The molecule has 0 atom stereocenters. The molecule has 0 fully saturated rings. The minimum Gasteiger partial charge on any atom is -0.458 e. The molecule has 11 aromatic carbocycles. The first kappa shape index (κ1) is 39.1. The number of anilines is 6. The molecular weight excluding hydrogens is 838 g/mol. The molecule has 0 spiro atoms. The monoisotopic (exact) mass is 879 g/mol. The minimum atomic E-state index is -0.0800. The van der Waals surface area contributed by atoms with Crippen molar-refractivity contribution in [1.29, 1.82) is 0 Å². The summed E-state index contributed by atoms with van der Waals surface area (Å²) in [6.45, 7) is -0.0800. The normalized spacial score (nSPS) is 12.4. The lowest BCUT2D eigenvalue weighted by Crippen LogP contribution is -2.59. The lowest BCUT2D eigenvalue weighted by atomic mass is 9.34. The smallest absolute Gasteiger partial charge is 0.256 e. The van der Waals surface area contributed by atoms with Gasteiger partial charge in [0.2, 0.25) is 0 Å². The van der Waals surface area contributed by atoms with Crippen LogP contribution >= 0.6 is 0 Å². The van der Waals surface area contributed by atoms with Gasteiger partial charge in [0.15, 0.2) is 0 Å². The van der Waals surface area contributed by atoms with Crippen molar-refractivity contribution in [3.63, 3.8) is 0 Å². The predicted molar refractivity (Wildman–Crippen MR) is 290 cm³/mol. The highest BCUT2D eigenvalue weighted by molar-refractivity contribution is 6.99. The molecule has 322 valence electrons. The Balaban J connectivity index is 0.988. The molecule has 0 saturated heterocycles. The Bertz CT molecular complexity index is 3890. The Morgan fingerprint density at radius 1 is 0.348 bits per heavy atom. The summed E-state index contributed by atoms with van der Waals surface area (Å²) in [6.07, 6.45) is 0. The van der Waals surface area contributed by atoms with Gasteiger partial charge in [0, 0.05) is 50.6 Å². The molecule has 69 heavy (non-hydrogen) atoms. The predicted octanol–water partition coefficient (Wildman–Crippen LogP) is 15.1. The second kappa shape index (κ2) is 15.8. The van der Waals surface area contributed by atoms with E-state index in [1.54, 1.807) is 0 Å². The fourth-order valence-electron chi connectivity index (χ4n) is 11.1. The molecule has 0 radical (unpaired) electrons. The summed E-state index contributed by atoms with van der Waals surface area (Å²) in [4.78, 5) is 4.79. The van der Waals surface area contributed by atoms with Gasteiger partial charge in [0.1, 0.15) is 11.5 Å². The number of nitrogens with zero attached hydrogens (tertiary/aromatic N) is 3. The molecule has 0 unspecified atom stereocenters. The zero-order valence-electron chi connectivity index (χ0n) is 37.6. The van der Waals surface area contributed by atoms with Crippen LogP contribution in [0.25, 0.3) is 60.5 Å². The maximum absolute atomic E-state index is 7.15. The van der Waals surface area contributed by atoms with Crippen LogP contribution in [0.3, 0.4) is 0 Å². The molecule has 5 heteroatoms. The van der Waals surface area contributed by atoms with Gasteiger partial charge in [0.05, 0.1) is 11.0 Å². The summed E-state index contributed by atoms with van der Waals surface area (Å²) in [5, 5.41) is 4.69. The molecule has 4 nitrogen and oxygen atoms in total. The van der Waals surface area contributed by atoms with Crippen molar-refractivity contribution >= 4 is 89.8 Å². The van der Waals surface area contributed by atoms with Crippen LogP contribution in [0.4, 0.5) is 34.1 Å². The number of ether oxygens (including phenoxy) is 1. The van der Waals surface area contributed by atoms with Crippen LogP contribution in [0.5, 0.6) is 11.5 Å². The van der Waals surface area contributed by atoms with Gasteiger partial charge in [-0.2, -0.15) is 0 Å². The van der Waals surface area contributed by atoms with E-state index in [4.69, 9.17) is 4.74 Å². The standard InChI is InChI=1S/C64H42BN3O/c1-6-18-43(19-7-1)45-22-16-29-52(36-45)68-58-30-17-31-62-64(58)65(56-35-33-47(39-61(56)68)44-20-8-2-9-21-44)57-42-60-55(41-63(57)69-62)54-38-46-32-34-53(37-48(46)40-59(54)67(60)51-27-14-5-15-28-51)66(49-23-10-3-11-24-49)50-25-12-4-13-26-50/h1-42H. The molecule has 2 aliphatic rings. The summed E-state index contributed by atoms with van der Waals surface area (Å²) in [7, 11) is 0. The van der Waals surface area contributed by atoms with Crippen molar-refractivity contribution in [2.24, 2.45) is 0 Å². The third kappa shape index (κ3) is 6.39. The molecule has 0 saturated carbocycles. The van der Waals surface area contributed by atoms with E-state index in [2.05, 4.69) is 269 Å². The Labute approximate surface area is 401 Å².